The maximum absolute atomic E-state index is 5.85. The molecular formula is C12H10BrClN2O2. The zero-order valence-electron chi connectivity index (χ0n) is 9.56. The fourth-order valence-corrected chi connectivity index (χ4v) is 1.70. The van der Waals surface area contributed by atoms with Crippen LogP contribution in [0.5, 0.6) is 17.4 Å². The Labute approximate surface area is 118 Å². The largest absolute Gasteiger partial charge is 0.494 e. The number of halogens is 2. The van der Waals surface area contributed by atoms with Crippen molar-refractivity contribution in [1.29, 1.82) is 0 Å². The molecule has 0 aliphatic heterocycles. The number of nitrogens with zero attached hydrogens (tertiary/aromatic N) is 2. The van der Waals surface area contributed by atoms with Crippen molar-refractivity contribution in [3.8, 4) is 17.4 Å². The van der Waals surface area contributed by atoms with Crippen molar-refractivity contribution in [3.63, 3.8) is 0 Å². The van der Waals surface area contributed by atoms with Gasteiger partial charge in [0.1, 0.15) is 22.3 Å². The van der Waals surface area contributed by atoms with E-state index in [1.807, 2.05) is 19.1 Å². The maximum Gasteiger partial charge on any atom is 0.238 e. The molecule has 1 aromatic heterocycles. The Morgan fingerprint density at radius 1 is 1.17 bits per heavy atom. The van der Waals surface area contributed by atoms with E-state index >= 15 is 0 Å². The molecule has 18 heavy (non-hydrogen) atoms. The summed E-state index contributed by atoms with van der Waals surface area (Å²) in [6, 6.07) is 7.26. The Morgan fingerprint density at radius 3 is 2.50 bits per heavy atom. The molecule has 0 aliphatic rings. The van der Waals surface area contributed by atoms with E-state index in [1.54, 1.807) is 12.1 Å². The van der Waals surface area contributed by atoms with Gasteiger partial charge in [-0.3, -0.25) is 0 Å². The molecule has 0 saturated heterocycles. The van der Waals surface area contributed by atoms with E-state index in [1.165, 1.54) is 6.33 Å². The number of aromatic nitrogens is 2. The van der Waals surface area contributed by atoms with Gasteiger partial charge in [0.25, 0.3) is 0 Å². The van der Waals surface area contributed by atoms with E-state index in [-0.39, 0.29) is 0 Å². The number of benzene rings is 1. The van der Waals surface area contributed by atoms with Crippen molar-refractivity contribution < 1.29 is 9.47 Å². The van der Waals surface area contributed by atoms with Gasteiger partial charge in [-0.2, -0.15) is 0 Å². The average molecular weight is 330 g/mol. The average Bonchev–Trinajstić information content (AvgIpc) is 2.38. The summed E-state index contributed by atoms with van der Waals surface area (Å²) in [5.41, 5.74) is 0. The number of hydrogen-bond donors (Lipinski definition) is 0. The number of ether oxygens (including phenoxy) is 2. The standard InChI is InChI=1S/C12H10BrClN2O2/c1-2-17-8-3-5-9(6-4-8)18-12-10(13)11(14)15-7-16-12/h3-7H,2H2,1H3. The molecule has 0 bridgehead atoms. The highest BCUT2D eigenvalue weighted by atomic mass is 79.9. The van der Waals surface area contributed by atoms with Gasteiger partial charge in [0.15, 0.2) is 5.15 Å². The smallest absolute Gasteiger partial charge is 0.238 e. The molecule has 1 aromatic carbocycles. The quantitative estimate of drug-likeness (QED) is 0.793. The summed E-state index contributed by atoms with van der Waals surface area (Å²) in [5, 5.41) is 0.311. The van der Waals surface area contributed by atoms with Gasteiger partial charge in [0, 0.05) is 0 Å². The van der Waals surface area contributed by atoms with Crippen LogP contribution in [0.25, 0.3) is 0 Å². The van der Waals surface area contributed by atoms with Crippen molar-refractivity contribution in [3.05, 3.63) is 40.2 Å². The zero-order chi connectivity index (χ0) is 13.0. The van der Waals surface area contributed by atoms with Crippen LogP contribution in [0.15, 0.2) is 35.1 Å². The lowest BCUT2D eigenvalue weighted by molar-refractivity contribution is 0.339. The van der Waals surface area contributed by atoms with Gasteiger partial charge in [0.05, 0.1) is 6.61 Å². The van der Waals surface area contributed by atoms with Gasteiger partial charge >= 0.3 is 0 Å². The van der Waals surface area contributed by atoms with Gasteiger partial charge in [-0.15, -0.1) is 0 Å². The normalized spacial score (nSPS) is 10.2. The summed E-state index contributed by atoms with van der Waals surface area (Å²) in [6.07, 6.45) is 1.34. The molecule has 1 heterocycles. The second-order valence-electron chi connectivity index (χ2n) is 3.29. The fraction of sp³-hybridized carbons (Fsp3) is 0.167. The Bertz CT molecular complexity index is 534. The van der Waals surface area contributed by atoms with E-state index in [2.05, 4.69) is 25.9 Å². The zero-order valence-corrected chi connectivity index (χ0v) is 11.9. The molecule has 0 atom stereocenters. The second kappa shape index (κ2) is 6.02. The van der Waals surface area contributed by atoms with Crippen molar-refractivity contribution in [1.82, 2.24) is 9.97 Å². The Hall–Kier alpha value is -1.33. The summed E-state index contributed by atoms with van der Waals surface area (Å²) >= 11 is 9.12. The van der Waals surface area contributed by atoms with Crippen molar-refractivity contribution in [2.45, 2.75) is 6.92 Å². The third-order valence-electron chi connectivity index (χ3n) is 2.06. The predicted molar refractivity (Wildman–Crippen MR) is 72.4 cm³/mol. The number of hydrogen-bond acceptors (Lipinski definition) is 4. The molecule has 0 radical (unpaired) electrons. The summed E-state index contributed by atoms with van der Waals surface area (Å²) in [6.45, 7) is 2.57. The molecule has 0 fully saturated rings. The predicted octanol–water partition coefficient (Wildman–Crippen LogP) is 4.08. The topological polar surface area (TPSA) is 44.2 Å². The molecule has 0 aliphatic carbocycles. The Balaban J connectivity index is 2.16. The van der Waals surface area contributed by atoms with Crippen molar-refractivity contribution in [2.24, 2.45) is 0 Å². The second-order valence-corrected chi connectivity index (χ2v) is 4.44. The summed E-state index contributed by atoms with van der Waals surface area (Å²) in [5.74, 6) is 1.82. The molecule has 2 rings (SSSR count). The molecule has 2 aromatic rings. The molecule has 6 heteroatoms. The minimum atomic E-state index is 0.311. The minimum absolute atomic E-state index is 0.311. The first-order valence-corrected chi connectivity index (χ1v) is 6.44. The third-order valence-corrected chi connectivity index (χ3v) is 3.29. The van der Waals surface area contributed by atoms with Crippen LogP contribution in [0.1, 0.15) is 6.92 Å². The van der Waals surface area contributed by atoms with Crippen molar-refractivity contribution >= 4 is 27.5 Å². The molecule has 0 N–H and O–H groups in total. The lowest BCUT2D eigenvalue weighted by Crippen LogP contribution is -1.93. The van der Waals surface area contributed by atoms with Crippen LogP contribution >= 0.6 is 27.5 Å². The van der Waals surface area contributed by atoms with Crippen LogP contribution in [0.2, 0.25) is 5.15 Å². The van der Waals surface area contributed by atoms with E-state index < -0.39 is 0 Å². The van der Waals surface area contributed by atoms with E-state index in [4.69, 9.17) is 21.1 Å². The van der Waals surface area contributed by atoms with Gasteiger partial charge < -0.3 is 9.47 Å². The van der Waals surface area contributed by atoms with Gasteiger partial charge in [-0.1, -0.05) is 11.6 Å². The lowest BCUT2D eigenvalue weighted by Gasteiger charge is -2.08. The van der Waals surface area contributed by atoms with Gasteiger partial charge in [-0.25, -0.2) is 9.97 Å². The molecule has 0 amide bonds. The molecule has 0 unspecified atom stereocenters. The molecular weight excluding hydrogens is 320 g/mol. The monoisotopic (exact) mass is 328 g/mol. The highest BCUT2D eigenvalue weighted by molar-refractivity contribution is 9.10. The van der Waals surface area contributed by atoms with E-state index in [0.717, 1.165) is 5.75 Å². The van der Waals surface area contributed by atoms with Crippen LogP contribution in [-0.4, -0.2) is 16.6 Å². The molecule has 94 valence electrons. The Morgan fingerprint density at radius 2 is 1.83 bits per heavy atom. The van der Waals surface area contributed by atoms with Gasteiger partial charge in [0.2, 0.25) is 5.88 Å². The lowest BCUT2D eigenvalue weighted by atomic mass is 10.3. The van der Waals surface area contributed by atoms with Crippen LogP contribution < -0.4 is 9.47 Å². The first-order chi connectivity index (χ1) is 8.70. The van der Waals surface area contributed by atoms with E-state index in [0.29, 0.717) is 27.9 Å². The highest BCUT2D eigenvalue weighted by Crippen LogP contribution is 2.31. The first-order valence-electron chi connectivity index (χ1n) is 5.27. The SMILES string of the molecule is CCOc1ccc(Oc2ncnc(Cl)c2Br)cc1. The molecule has 4 nitrogen and oxygen atoms in total. The van der Waals surface area contributed by atoms with E-state index in [9.17, 15) is 0 Å². The third kappa shape index (κ3) is 3.11. The summed E-state index contributed by atoms with van der Waals surface area (Å²) < 4.78 is 11.5. The highest BCUT2D eigenvalue weighted by Gasteiger charge is 2.08. The van der Waals surface area contributed by atoms with Crippen LogP contribution in [0, 0.1) is 0 Å². The van der Waals surface area contributed by atoms with Gasteiger partial charge in [-0.05, 0) is 47.1 Å². The van der Waals surface area contributed by atoms with Crippen molar-refractivity contribution in [2.75, 3.05) is 6.61 Å². The Kier molecular flexibility index (Phi) is 4.38. The van der Waals surface area contributed by atoms with Crippen LogP contribution in [0.3, 0.4) is 0 Å². The maximum atomic E-state index is 5.85. The first kappa shape index (κ1) is 13.1. The van der Waals surface area contributed by atoms with Crippen LogP contribution in [-0.2, 0) is 0 Å². The fourth-order valence-electron chi connectivity index (χ4n) is 1.29. The number of rotatable bonds is 4. The molecule has 0 spiro atoms. The minimum Gasteiger partial charge on any atom is -0.494 e. The van der Waals surface area contributed by atoms with Crippen LogP contribution in [0.4, 0.5) is 0 Å². The molecule has 0 saturated carbocycles. The summed E-state index contributed by atoms with van der Waals surface area (Å²) in [7, 11) is 0. The summed E-state index contributed by atoms with van der Waals surface area (Å²) in [4.78, 5) is 7.82.